The van der Waals surface area contributed by atoms with Gasteiger partial charge in [0.25, 0.3) is 0 Å². The van der Waals surface area contributed by atoms with E-state index in [-0.39, 0.29) is 12.2 Å². The quantitative estimate of drug-likeness (QED) is 0.625. The van der Waals surface area contributed by atoms with Crippen molar-refractivity contribution < 1.29 is 13.7 Å². The van der Waals surface area contributed by atoms with Crippen molar-refractivity contribution in [2.45, 2.75) is 39.9 Å². The second kappa shape index (κ2) is 8.38. The minimum Gasteiger partial charge on any atom is -0.378 e. The molecule has 14 heavy (non-hydrogen) atoms. The number of hydrogen-bond acceptors (Lipinski definition) is 3. The fourth-order valence-corrected chi connectivity index (χ4v) is 1.62. The van der Waals surface area contributed by atoms with Gasteiger partial charge < -0.3 is 9.47 Å². The molecule has 0 aliphatic carbocycles. The van der Waals surface area contributed by atoms with Crippen LogP contribution >= 0.6 is 0 Å². The van der Waals surface area contributed by atoms with Crippen molar-refractivity contribution in [3.8, 4) is 0 Å². The van der Waals surface area contributed by atoms with Gasteiger partial charge in [0.2, 0.25) is 0 Å². The first-order valence-electron chi connectivity index (χ1n) is 5.10. The topological polar surface area (TPSA) is 35.5 Å². The van der Waals surface area contributed by atoms with Crippen LogP contribution in [-0.4, -0.2) is 41.1 Å². The minimum absolute atomic E-state index is 0.221. The molecule has 0 amide bonds. The molecule has 0 rings (SSSR count). The van der Waals surface area contributed by atoms with Crippen molar-refractivity contribution in [2.24, 2.45) is 0 Å². The molecule has 0 aromatic rings. The Morgan fingerprint density at radius 1 is 0.929 bits per heavy atom. The molecule has 0 bridgehead atoms. The zero-order valence-corrected chi connectivity index (χ0v) is 10.4. The Hall–Kier alpha value is 0.0700. The van der Waals surface area contributed by atoms with Crippen LogP contribution in [0.5, 0.6) is 0 Å². The smallest absolute Gasteiger partial charge is 0.0585 e. The first kappa shape index (κ1) is 14.1. The summed E-state index contributed by atoms with van der Waals surface area (Å²) in [5.74, 6) is 1.22. The Labute approximate surface area is 89.6 Å². The fourth-order valence-electron chi connectivity index (χ4n) is 0.856. The van der Waals surface area contributed by atoms with Crippen LogP contribution in [0.25, 0.3) is 0 Å². The second-order valence-electron chi connectivity index (χ2n) is 3.69. The molecule has 0 unspecified atom stereocenters. The zero-order valence-electron chi connectivity index (χ0n) is 9.62. The molecule has 86 valence electrons. The van der Waals surface area contributed by atoms with Gasteiger partial charge in [0.05, 0.1) is 25.4 Å². The standard InChI is InChI=1S/C10H22O3S/c1-9(2)12-5-7-14(11)8-6-13-10(3)4/h9-10H,5-8H2,1-4H3. The highest BCUT2D eigenvalue weighted by atomic mass is 32.2. The van der Waals surface area contributed by atoms with Crippen LogP contribution in [-0.2, 0) is 20.3 Å². The highest BCUT2D eigenvalue weighted by Gasteiger charge is 2.02. The van der Waals surface area contributed by atoms with Crippen molar-refractivity contribution in [1.82, 2.24) is 0 Å². The summed E-state index contributed by atoms with van der Waals surface area (Å²) in [6.07, 6.45) is 0.442. The van der Waals surface area contributed by atoms with Gasteiger partial charge in [-0.05, 0) is 27.7 Å². The molecule has 0 aromatic carbocycles. The minimum atomic E-state index is -0.803. The average molecular weight is 222 g/mol. The maximum atomic E-state index is 11.4. The van der Waals surface area contributed by atoms with E-state index in [1.165, 1.54) is 0 Å². The third-order valence-electron chi connectivity index (χ3n) is 1.52. The van der Waals surface area contributed by atoms with Crippen molar-refractivity contribution in [2.75, 3.05) is 24.7 Å². The van der Waals surface area contributed by atoms with Crippen molar-refractivity contribution in [3.63, 3.8) is 0 Å². The average Bonchev–Trinajstić information content (AvgIpc) is 2.02. The van der Waals surface area contributed by atoms with E-state index in [1.54, 1.807) is 0 Å². The van der Waals surface area contributed by atoms with Gasteiger partial charge in [0, 0.05) is 22.3 Å². The van der Waals surface area contributed by atoms with Crippen molar-refractivity contribution in [3.05, 3.63) is 0 Å². The Morgan fingerprint density at radius 3 is 1.57 bits per heavy atom. The predicted octanol–water partition coefficient (Wildman–Crippen LogP) is 1.59. The van der Waals surface area contributed by atoms with E-state index in [4.69, 9.17) is 9.47 Å². The second-order valence-corrected chi connectivity index (χ2v) is 5.38. The van der Waals surface area contributed by atoms with Gasteiger partial charge in [-0.15, -0.1) is 0 Å². The highest BCUT2D eigenvalue weighted by Crippen LogP contribution is 1.92. The lowest BCUT2D eigenvalue weighted by Crippen LogP contribution is -2.16. The summed E-state index contributed by atoms with van der Waals surface area (Å²) in [6.45, 7) is 9.06. The summed E-state index contributed by atoms with van der Waals surface area (Å²) in [5, 5.41) is 0. The van der Waals surface area contributed by atoms with Gasteiger partial charge in [-0.2, -0.15) is 0 Å². The monoisotopic (exact) mass is 222 g/mol. The van der Waals surface area contributed by atoms with Gasteiger partial charge in [-0.3, -0.25) is 4.21 Å². The summed E-state index contributed by atoms with van der Waals surface area (Å²) >= 11 is 0. The van der Waals surface area contributed by atoms with Crippen molar-refractivity contribution >= 4 is 10.8 Å². The Kier molecular flexibility index (Phi) is 8.43. The molecule has 0 fully saturated rings. The molecule has 0 radical (unpaired) electrons. The molecule has 4 heteroatoms. The van der Waals surface area contributed by atoms with E-state index in [0.29, 0.717) is 24.7 Å². The Bertz CT molecular complexity index is 141. The molecule has 0 heterocycles. The van der Waals surface area contributed by atoms with Crippen molar-refractivity contribution in [1.29, 1.82) is 0 Å². The molecule has 0 saturated heterocycles. The predicted molar refractivity (Wildman–Crippen MR) is 60.1 cm³/mol. The lowest BCUT2D eigenvalue weighted by molar-refractivity contribution is 0.0890. The molecular formula is C10H22O3S. The van der Waals surface area contributed by atoms with E-state index >= 15 is 0 Å². The molecular weight excluding hydrogens is 200 g/mol. The van der Waals surface area contributed by atoms with E-state index in [9.17, 15) is 4.21 Å². The SMILES string of the molecule is CC(C)OCCS(=O)CCOC(C)C. The van der Waals surface area contributed by atoms with Gasteiger partial charge in [0.1, 0.15) is 0 Å². The molecule has 0 saturated carbocycles. The number of ether oxygens (including phenoxy) is 2. The third kappa shape index (κ3) is 10.2. The van der Waals surface area contributed by atoms with Gasteiger partial charge >= 0.3 is 0 Å². The summed E-state index contributed by atoms with van der Waals surface area (Å²) in [4.78, 5) is 0. The van der Waals surface area contributed by atoms with Gasteiger partial charge in [-0.1, -0.05) is 0 Å². The number of rotatable bonds is 8. The molecule has 0 spiro atoms. The molecule has 0 aliphatic rings. The van der Waals surface area contributed by atoms with Crippen LogP contribution in [0.3, 0.4) is 0 Å². The first-order valence-corrected chi connectivity index (χ1v) is 6.59. The third-order valence-corrected chi connectivity index (χ3v) is 2.77. The summed E-state index contributed by atoms with van der Waals surface area (Å²) in [6, 6.07) is 0. The molecule has 3 nitrogen and oxygen atoms in total. The van der Waals surface area contributed by atoms with Crippen LogP contribution < -0.4 is 0 Å². The van der Waals surface area contributed by atoms with E-state index in [0.717, 1.165) is 0 Å². The molecule has 0 N–H and O–H groups in total. The van der Waals surface area contributed by atoms with Crippen LogP contribution in [0, 0.1) is 0 Å². The van der Waals surface area contributed by atoms with E-state index < -0.39 is 10.8 Å². The first-order chi connectivity index (χ1) is 6.52. The summed E-state index contributed by atoms with van der Waals surface area (Å²) in [7, 11) is -0.803. The lowest BCUT2D eigenvalue weighted by atomic mass is 10.5. The molecule has 0 atom stereocenters. The Balaban J connectivity index is 3.28. The van der Waals surface area contributed by atoms with E-state index in [2.05, 4.69) is 0 Å². The zero-order chi connectivity index (χ0) is 11.0. The van der Waals surface area contributed by atoms with Crippen LogP contribution in [0.1, 0.15) is 27.7 Å². The highest BCUT2D eigenvalue weighted by molar-refractivity contribution is 7.85. The number of hydrogen-bond donors (Lipinski definition) is 0. The van der Waals surface area contributed by atoms with E-state index in [1.807, 2.05) is 27.7 Å². The van der Waals surface area contributed by atoms with Crippen LogP contribution in [0.4, 0.5) is 0 Å². The lowest BCUT2D eigenvalue weighted by Gasteiger charge is -2.08. The Morgan fingerprint density at radius 2 is 1.29 bits per heavy atom. The summed E-state index contributed by atoms with van der Waals surface area (Å²) < 4.78 is 22.0. The fraction of sp³-hybridized carbons (Fsp3) is 1.00. The van der Waals surface area contributed by atoms with Crippen LogP contribution in [0.2, 0.25) is 0 Å². The van der Waals surface area contributed by atoms with Gasteiger partial charge in [0.15, 0.2) is 0 Å². The molecule has 0 aliphatic heterocycles. The maximum Gasteiger partial charge on any atom is 0.0585 e. The maximum absolute atomic E-state index is 11.4. The molecule has 0 aromatic heterocycles. The van der Waals surface area contributed by atoms with Gasteiger partial charge in [-0.25, -0.2) is 0 Å². The normalized spacial score (nSPS) is 11.9. The summed E-state index contributed by atoms with van der Waals surface area (Å²) in [5.41, 5.74) is 0. The largest absolute Gasteiger partial charge is 0.378 e. The van der Waals surface area contributed by atoms with Crippen LogP contribution in [0.15, 0.2) is 0 Å².